The summed E-state index contributed by atoms with van der Waals surface area (Å²) in [5.41, 5.74) is 1.33. The number of hydrogen-bond donors (Lipinski definition) is 0. The van der Waals surface area contributed by atoms with Crippen LogP contribution in [0.5, 0.6) is 0 Å². The van der Waals surface area contributed by atoms with Crippen molar-refractivity contribution in [2.45, 2.75) is 19.4 Å². The molecule has 0 aliphatic carbocycles. The number of aryl methyl sites for hydroxylation is 1. The second kappa shape index (κ2) is 5.70. The molecule has 0 bridgehead atoms. The predicted octanol–water partition coefficient (Wildman–Crippen LogP) is 4.46. The third-order valence-electron chi connectivity index (χ3n) is 3.54. The first-order chi connectivity index (χ1) is 9.40. The minimum Gasteiger partial charge on any atom is -0.198 e. The first kappa shape index (κ1) is 12.6. The third-order valence-corrected chi connectivity index (χ3v) is 4.10. The van der Waals surface area contributed by atoms with Crippen molar-refractivity contribution in [1.29, 1.82) is 0 Å². The minimum absolute atomic E-state index is 1.08. The molecule has 1 heterocycles. The highest BCUT2D eigenvalue weighted by Crippen LogP contribution is 2.22. The number of nitrogens with zero attached hydrogens (tertiary/aromatic N) is 1. The SMILES string of the molecule is BrCCCC[n+]1cc2ccccc2c2ccccc21. The fourth-order valence-electron chi connectivity index (χ4n) is 2.61. The van der Waals surface area contributed by atoms with Gasteiger partial charge in [0, 0.05) is 28.6 Å². The Hall–Kier alpha value is -1.41. The molecule has 2 aromatic carbocycles. The third kappa shape index (κ3) is 2.50. The van der Waals surface area contributed by atoms with Crippen LogP contribution in [0.4, 0.5) is 0 Å². The summed E-state index contributed by atoms with van der Waals surface area (Å²) in [5.74, 6) is 0. The van der Waals surface area contributed by atoms with Crippen LogP contribution < -0.4 is 4.57 Å². The Balaban J connectivity index is 2.18. The number of pyridine rings is 1. The molecule has 1 aromatic heterocycles. The highest BCUT2D eigenvalue weighted by Gasteiger charge is 2.11. The lowest BCUT2D eigenvalue weighted by Crippen LogP contribution is -2.34. The molecule has 0 amide bonds. The van der Waals surface area contributed by atoms with E-state index in [-0.39, 0.29) is 0 Å². The van der Waals surface area contributed by atoms with Crippen LogP contribution in [0.3, 0.4) is 0 Å². The Labute approximate surface area is 122 Å². The lowest BCUT2D eigenvalue weighted by atomic mass is 10.1. The van der Waals surface area contributed by atoms with Crippen molar-refractivity contribution in [1.82, 2.24) is 0 Å². The van der Waals surface area contributed by atoms with Gasteiger partial charge in [0.15, 0.2) is 6.20 Å². The van der Waals surface area contributed by atoms with Crippen molar-refractivity contribution in [3.63, 3.8) is 0 Å². The molecule has 3 aromatic rings. The fourth-order valence-corrected chi connectivity index (χ4v) is 3.00. The van der Waals surface area contributed by atoms with E-state index in [1.165, 1.54) is 34.5 Å². The van der Waals surface area contributed by atoms with Crippen LogP contribution in [0.1, 0.15) is 12.8 Å². The van der Waals surface area contributed by atoms with Gasteiger partial charge in [-0.3, -0.25) is 0 Å². The largest absolute Gasteiger partial charge is 0.213 e. The van der Waals surface area contributed by atoms with Gasteiger partial charge in [0.1, 0.15) is 6.54 Å². The predicted molar refractivity (Wildman–Crippen MR) is 84.7 cm³/mol. The Morgan fingerprint density at radius 2 is 1.58 bits per heavy atom. The topological polar surface area (TPSA) is 3.88 Å². The zero-order chi connectivity index (χ0) is 13.1. The van der Waals surface area contributed by atoms with Gasteiger partial charge < -0.3 is 0 Å². The lowest BCUT2D eigenvalue weighted by molar-refractivity contribution is -0.670. The molecule has 3 rings (SSSR count). The molecule has 1 nitrogen and oxygen atoms in total. The number of rotatable bonds is 4. The molecule has 0 aliphatic rings. The zero-order valence-corrected chi connectivity index (χ0v) is 12.4. The number of halogens is 1. The maximum atomic E-state index is 3.50. The fraction of sp³-hybridized carbons (Fsp3) is 0.235. The first-order valence-electron chi connectivity index (χ1n) is 6.76. The van der Waals surface area contributed by atoms with Gasteiger partial charge in [-0.1, -0.05) is 46.3 Å². The van der Waals surface area contributed by atoms with Gasteiger partial charge in [-0.25, -0.2) is 0 Å². The van der Waals surface area contributed by atoms with Crippen molar-refractivity contribution in [3.05, 3.63) is 54.7 Å². The van der Waals surface area contributed by atoms with Gasteiger partial charge >= 0.3 is 0 Å². The molecule has 0 atom stereocenters. The van der Waals surface area contributed by atoms with Crippen molar-refractivity contribution in [3.8, 4) is 0 Å². The summed E-state index contributed by atoms with van der Waals surface area (Å²) in [6.45, 7) is 1.08. The standard InChI is InChI=1S/C17H17BrN/c18-11-5-6-12-19-13-14-7-1-2-8-15(14)16-9-3-4-10-17(16)19/h1-4,7-10,13H,5-6,11-12H2/q+1. The molecule has 96 valence electrons. The van der Waals surface area contributed by atoms with Gasteiger partial charge in [-0.2, -0.15) is 4.57 Å². The first-order valence-corrected chi connectivity index (χ1v) is 7.88. The molecular weight excluding hydrogens is 298 g/mol. The molecule has 0 aliphatic heterocycles. The monoisotopic (exact) mass is 314 g/mol. The molecule has 0 radical (unpaired) electrons. The number of hydrogen-bond acceptors (Lipinski definition) is 0. The Morgan fingerprint density at radius 1 is 0.842 bits per heavy atom. The molecule has 19 heavy (non-hydrogen) atoms. The van der Waals surface area contributed by atoms with Gasteiger partial charge in [-0.05, 0) is 18.6 Å². The van der Waals surface area contributed by atoms with E-state index in [1.54, 1.807) is 0 Å². The number of fused-ring (bicyclic) bond motifs is 3. The van der Waals surface area contributed by atoms with Gasteiger partial charge in [-0.15, -0.1) is 0 Å². The maximum absolute atomic E-state index is 3.50. The maximum Gasteiger partial charge on any atom is 0.213 e. The summed E-state index contributed by atoms with van der Waals surface area (Å²) >= 11 is 3.50. The molecule has 0 fully saturated rings. The summed E-state index contributed by atoms with van der Waals surface area (Å²) < 4.78 is 2.39. The van der Waals surface area contributed by atoms with E-state index in [0.29, 0.717) is 0 Å². The van der Waals surface area contributed by atoms with Crippen molar-refractivity contribution in [2.24, 2.45) is 0 Å². The number of para-hydroxylation sites is 1. The smallest absolute Gasteiger partial charge is 0.198 e. The second-order valence-electron chi connectivity index (χ2n) is 4.82. The Morgan fingerprint density at radius 3 is 2.42 bits per heavy atom. The van der Waals surface area contributed by atoms with Crippen molar-refractivity contribution < 1.29 is 4.57 Å². The molecule has 0 N–H and O–H groups in total. The summed E-state index contributed by atoms with van der Waals surface area (Å²) in [5, 5.41) is 5.09. The minimum atomic E-state index is 1.08. The van der Waals surface area contributed by atoms with Crippen molar-refractivity contribution >= 4 is 37.6 Å². The van der Waals surface area contributed by atoms with E-state index < -0.39 is 0 Å². The molecule has 0 unspecified atom stereocenters. The summed E-state index contributed by atoms with van der Waals surface area (Å²) in [4.78, 5) is 0. The highest BCUT2D eigenvalue weighted by molar-refractivity contribution is 9.09. The van der Waals surface area contributed by atoms with Crippen molar-refractivity contribution in [2.75, 3.05) is 5.33 Å². The van der Waals surface area contributed by atoms with E-state index in [1.807, 2.05) is 0 Å². The van der Waals surface area contributed by atoms with Crippen LogP contribution in [0.15, 0.2) is 54.7 Å². The quantitative estimate of drug-likeness (QED) is 0.290. The molecule has 0 saturated carbocycles. The van der Waals surface area contributed by atoms with E-state index in [4.69, 9.17) is 0 Å². The highest BCUT2D eigenvalue weighted by atomic mass is 79.9. The molecule has 0 spiro atoms. The normalized spacial score (nSPS) is 11.2. The van der Waals surface area contributed by atoms with Gasteiger partial charge in [0.05, 0.1) is 5.39 Å². The molecular formula is C17H17BrN+. The van der Waals surface area contributed by atoms with Crippen LogP contribution >= 0.6 is 15.9 Å². The average Bonchev–Trinajstić information content (AvgIpc) is 2.47. The van der Waals surface area contributed by atoms with Crippen LogP contribution in [-0.4, -0.2) is 5.33 Å². The van der Waals surface area contributed by atoms with Gasteiger partial charge in [0.25, 0.3) is 0 Å². The number of alkyl halides is 1. The van der Waals surface area contributed by atoms with Crippen LogP contribution in [0.2, 0.25) is 0 Å². The Bertz CT molecular complexity index is 706. The summed E-state index contributed by atoms with van der Waals surface area (Å²) in [7, 11) is 0. The molecule has 2 heteroatoms. The molecule has 0 saturated heterocycles. The Kier molecular flexibility index (Phi) is 3.79. The van der Waals surface area contributed by atoms with Crippen LogP contribution in [0.25, 0.3) is 21.7 Å². The number of benzene rings is 2. The van der Waals surface area contributed by atoms with E-state index in [0.717, 1.165) is 11.9 Å². The zero-order valence-electron chi connectivity index (χ0n) is 10.8. The number of aromatic nitrogens is 1. The lowest BCUT2D eigenvalue weighted by Gasteiger charge is -2.05. The summed E-state index contributed by atoms with van der Waals surface area (Å²) in [6.07, 6.45) is 4.71. The average molecular weight is 315 g/mol. The van der Waals surface area contributed by atoms with E-state index in [2.05, 4.69) is 75.2 Å². The summed E-state index contributed by atoms with van der Waals surface area (Å²) in [6, 6.07) is 17.3. The van der Waals surface area contributed by atoms with E-state index in [9.17, 15) is 0 Å². The van der Waals surface area contributed by atoms with Crippen LogP contribution in [-0.2, 0) is 6.54 Å². The number of unbranched alkanes of at least 4 members (excludes halogenated alkanes) is 1. The van der Waals surface area contributed by atoms with Crippen LogP contribution in [0, 0.1) is 0 Å². The van der Waals surface area contributed by atoms with E-state index >= 15 is 0 Å². The second-order valence-corrected chi connectivity index (χ2v) is 5.62. The van der Waals surface area contributed by atoms with Gasteiger partial charge in [0.2, 0.25) is 5.52 Å².